The van der Waals surface area contributed by atoms with Crippen LogP contribution in [0.3, 0.4) is 0 Å². The molecule has 0 atom stereocenters. The van der Waals surface area contributed by atoms with Crippen molar-refractivity contribution in [2.24, 2.45) is 0 Å². The molecule has 4 heteroatoms. The lowest BCUT2D eigenvalue weighted by Crippen LogP contribution is -1.84. The van der Waals surface area contributed by atoms with E-state index in [-0.39, 0.29) is 11.3 Å². The third kappa shape index (κ3) is 1.49. The fourth-order valence-electron chi connectivity index (χ4n) is 1.15. The van der Waals surface area contributed by atoms with Crippen LogP contribution in [0.25, 0.3) is 10.9 Å². The maximum absolute atomic E-state index is 13.2. The number of aromatic nitrogens is 1. The van der Waals surface area contributed by atoms with Crippen LogP contribution in [0.1, 0.15) is 0 Å². The lowest BCUT2D eigenvalue weighted by atomic mass is 10.2. The average molecular weight is 242 g/mol. The first kappa shape index (κ1) is 8.44. The van der Waals surface area contributed by atoms with E-state index in [0.717, 1.165) is 6.07 Å². The van der Waals surface area contributed by atoms with Crippen molar-refractivity contribution in [1.82, 2.24) is 4.98 Å². The zero-order valence-corrected chi connectivity index (χ0v) is 8.05. The van der Waals surface area contributed by atoms with Gasteiger partial charge in [-0.15, -0.1) is 0 Å². The number of phenolic OH excluding ortho intramolecular Hbond substituents is 1. The Labute approximate surface area is 82.2 Å². The van der Waals surface area contributed by atoms with Crippen molar-refractivity contribution in [3.63, 3.8) is 0 Å². The molecule has 0 fully saturated rings. The fraction of sp³-hybridized carbons (Fsp3) is 0. The molecular formula is C9H5BrFNO. The molecule has 0 aliphatic rings. The highest BCUT2D eigenvalue weighted by atomic mass is 79.9. The standard InChI is InChI=1S/C9H5BrFNO/c10-8-2-1-5-3-6(13)4-7(11)9(5)12-8/h1-4,13H. The first-order valence-electron chi connectivity index (χ1n) is 3.61. The van der Waals surface area contributed by atoms with Gasteiger partial charge in [0.05, 0.1) is 0 Å². The van der Waals surface area contributed by atoms with E-state index in [1.165, 1.54) is 6.07 Å². The zero-order chi connectivity index (χ0) is 9.42. The van der Waals surface area contributed by atoms with E-state index in [2.05, 4.69) is 20.9 Å². The number of hydrogen-bond acceptors (Lipinski definition) is 2. The minimum Gasteiger partial charge on any atom is -0.508 e. The van der Waals surface area contributed by atoms with Crippen LogP contribution < -0.4 is 0 Å². The molecule has 66 valence electrons. The van der Waals surface area contributed by atoms with Gasteiger partial charge in [0.2, 0.25) is 0 Å². The molecular weight excluding hydrogens is 237 g/mol. The van der Waals surface area contributed by atoms with E-state index >= 15 is 0 Å². The van der Waals surface area contributed by atoms with E-state index in [9.17, 15) is 4.39 Å². The number of rotatable bonds is 0. The minimum absolute atomic E-state index is 0.0888. The molecule has 1 heterocycles. The summed E-state index contributed by atoms with van der Waals surface area (Å²) in [5.74, 6) is -0.606. The molecule has 2 rings (SSSR count). The number of nitrogens with zero attached hydrogens (tertiary/aromatic N) is 1. The molecule has 13 heavy (non-hydrogen) atoms. The zero-order valence-electron chi connectivity index (χ0n) is 6.46. The maximum atomic E-state index is 13.2. The number of hydrogen-bond donors (Lipinski definition) is 1. The molecule has 0 saturated heterocycles. The van der Waals surface area contributed by atoms with E-state index < -0.39 is 5.82 Å². The summed E-state index contributed by atoms with van der Waals surface area (Å²) >= 11 is 3.14. The van der Waals surface area contributed by atoms with Crippen molar-refractivity contribution in [3.8, 4) is 5.75 Å². The Kier molecular flexibility index (Phi) is 1.92. The number of phenols is 1. The smallest absolute Gasteiger partial charge is 0.153 e. The third-order valence-corrected chi connectivity index (χ3v) is 2.14. The summed E-state index contributed by atoms with van der Waals surface area (Å²) in [7, 11) is 0. The molecule has 2 aromatic rings. The summed E-state index contributed by atoms with van der Waals surface area (Å²) in [5, 5.41) is 9.68. The van der Waals surface area contributed by atoms with Crippen LogP contribution in [0, 0.1) is 5.82 Å². The highest BCUT2D eigenvalue weighted by Crippen LogP contribution is 2.23. The van der Waals surface area contributed by atoms with Crippen molar-refractivity contribution in [2.45, 2.75) is 0 Å². The Morgan fingerprint density at radius 3 is 2.85 bits per heavy atom. The topological polar surface area (TPSA) is 33.1 Å². The van der Waals surface area contributed by atoms with Crippen molar-refractivity contribution >= 4 is 26.8 Å². The second kappa shape index (κ2) is 2.96. The van der Waals surface area contributed by atoms with Gasteiger partial charge in [-0.2, -0.15) is 0 Å². The number of pyridine rings is 1. The van der Waals surface area contributed by atoms with Crippen molar-refractivity contribution < 1.29 is 9.50 Å². The normalized spacial score (nSPS) is 10.6. The van der Waals surface area contributed by atoms with Crippen molar-refractivity contribution in [2.75, 3.05) is 0 Å². The van der Waals surface area contributed by atoms with Gasteiger partial charge in [-0.1, -0.05) is 0 Å². The number of aromatic hydroxyl groups is 1. The number of benzene rings is 1. The minimum atomic E-state index is -0.517. The Morgan fingerprint density at radius 2 is 2.08 bits per heavy atom. The van der Waals surface area contributed by atoms with Gasteiger partial charge in [-0.25, -0.2) is 9.37 Å². The molecule has 0 aliphatic carbocycles. The third-order valence-electron chi connectivity index (χ3n) is 1.70. The Balaban J connectivity index is 2.87. The van der Waals surface area contributed by atoms with Crippen LogP contribution in [0.15, 0.2) is 28.9 Å². The second-order valence-electron chi connectivity index (χ2n) is 2.63. The van der Waals surface area contributed by atoms with Crippen LogP contribution in [-0.4, -0.2) is 10.1 Å². The Hall–Kier alpha value is -1.16. The van der Waals surface area contributed by atoms with Gasteiger partial charge >= 0.3 is 0 Å². The van der Waals surface area contributed by atoms with Gasteiger partial charge in [0.15, 0.2) is 5.82 Å². The Bertz CT molecular complexity index is 472. The fourth-order valence-corrected chi connectivity index (χ4v) is 1.46. The van der Waals surface area contributed by atoms with Crippen LogP contribution in [0.4, 0.5) is 4.39 Å². The largest absolute Gasteiger partial charge is 0.508 e. The van der Waals surface area contributed by atoms with Crippen molar-refractivity contribution in [3.05, 3.63) is 34.7 Å². The van der Waals surface area contributed by atoms with Crippen LogP contribution in [0.2, 0.25) is 0 Å². The van der Waals surface area contributed by atoms with E-state index in [0.29, 0.717) is 9.99 Å². The number of halogens is 2. The SMILES string of the molecule is Oc1cc(F)c2nc(Br)ccc2c1. The van der Waals surface area contributed by atoms with Crippen LogP contribution in [0.5, 0.6) is 5.75 Å². The summed E-state index contributed by atoms with van der Waals surface area (Å²) < 4.78 is 13.8. The molecule has 1 aromatic carbocycles. The monoisotopic (exact) mass is 241 g/mol. The average Bonchev–Trinajstić information content (AvgIpc) is 2.06. The molecule has 0 aliphatic heterocycles. The maximum Gasteiger partial charge on any atom is 0.153 e. The van der Waals surface area contributed by atoms with Crippen LogP contribution in [-0.2, 0) is 0 Å². The molecule has 0 saturated carbocycles. The molecule has 1 N–H and O–H groups in total. The molecule has 0 unspecified atom stereocenters. The highest BCUT2D eigenvalue weighted by Gasteiger charge is 2.04. The van der Waals surface area contributed by atoms with Gasteiger partial charge in [0.1, 0.15) is 15.9 Å². The first-order chi connectivity index (χ1) is 6.16. The second-order valence-corrected chi connectivity index (χ2v) is 3.45. The van der Waals surface area contributed by atoms with E-state index in [4.69, 9.17) is 5.11 Å². The quantitative estimate of drug-likeness (QED) is 0.720. The summed E-state index contributed by atoms with van der Waals surface area (Å²) in [5.41, 5.74) is 0.257. The lowest BCUT2D eigenvalue weighted by molar-refractivity contribution is 0.470. The van der Waals surface area contributed by atoms with E-state index in [1.54, 1.807) is 12.1 Å². The summed E-state index contributed by atoms with van der Waals surface area (Å²) in [6.07, 6.45) is 0. The van der Waals surface area contributed by atoms with Crippen LogP contribution >= 0.6 is 15.9 Å². The van der Waals surface area contributed by atoms with Gasteiger partial charge in [0.25, 0.3) is 0 Å². The van der Waals surface area contributed by atoms with Gasteiger partial charge in [-0.3, -0.25) is 0 Å². The van der Waals surface area contributed by atoms with Gasteiger partial charge in [0, 0.05) is 11.5 Å². The lowest BCUT2D eigenvalue weighted by Gasteiger charge is -2.00. The molecule has 0 radical (unpaired) electrons. The van der Waals surface area contributed by atoms with Gasteiger partial charge in [-0.05, 0) is 34.1 Å². The molecule has 0 amide bonds. The predicted octanol–water partition coefficient (Wildman–Crippen LogP) is 2.84. The molecule has 1 aromatic heterocycles. The van der Waals surface area contributed by atoms with Gasteiger partial charge < -0.3 is 5.11 Å². The summed E-state index contributed by atoms with van der Waals surface area (Å²) in [4.78, 5) is 3.95. The number of fused-ring (bicyclic) bond motifs is 1. The predicted molar refractivity (Wildman–Crippen MR) is 51.1 cm³/mol. The summed E-state index contributed by atoms with van der Waals surface area (Å²) in [6.45, 7) is 0. The van der Waals surface area contributed by atoms with E-state index in [1.807, 2.05) is 0 Å². The highest BCUT2D eigenvalue weighted by molar-refractivity contribution is 9.10. The first-order valence-corrected chi connectivity index (χ1v) is 4.41. The molecule has 0 spiro atoms. The molecule has 2 nitrogen and oxygen atoms in total. The molecule has 0 bridgehead atoms. The Morgan fingerprint density at radius 1 is 1.31 bits per heavy atom. The van der Waals surface area contributed by atoms with Crippen molar-refractivity contribution in [1.29, 1.82) is 0 Å². The summed E-state index contributed by atoms with van der Waals surface area (Å²) in [6, 6.07) is 5.90.